The largest absolute Gasteiger partial charge is 0.347 e. The molecule has 1 aliphatic rings. The molecule has 1 rings (SSSR count). The Morgan fingerprint density at radius 2 is 2.00 bits per heavy atom. The van der Waals surface area contributed by atoms with Crippen molar-refractivity contribution in [2.75, 3.05) is 47.3 Å². The molecule has 1 fully saturated rings. The molecule has 0 radical (unpaired) electrons. The van der Waals surface area contributed by atoms with E-state index in [0.29, 0.717) is 26.2 Å². The van der Waals surface area contributed by atoms with E-state index in [4.69, 9.17) is 0 Å². The van der Waals surface area contributed by atoms with E-state index in [1.165, 1.54) is 13.5 Å². The summed E-state index contributed by atoms with van der Waals surface area (Å²) in [7, 11) is 1.27. The standard InChI is InChI=1S/C12H26N4O3S/c1-5-6-8-15(4)20(18,19)16-9-7-13-10-11(16)12(17)14(2)3/h11,13H,5-10H2,1-4H3. The highest BCUT2D eigenvalue weighted by molar-refractivity contribution is 7.86. The Hall–Kier alpha value is -0.700. The van der Waals surface area contributed by atoms with Crippen LogP contribution in [-0.2, 0) is 15.0 Å². The number of carbonyl (C=O) groups excluding carboxylic acids is 1. The number of nitrogens with one attached hydrogen (secondary N) is 1. The van der Waals surface area contributed by atoms with Crippen molar-refractivity contribution in [1.82, 2.24) is 18.8 Å². The number of nitrogens with zero attached hydrogens (tertiary/aromatic N) is 3. The van der Waals surface area contributed by atoms with Gasteiger partial charge in [-0.2, -0.15) is 17.0 Å². The van der Waals surface area contributed by atoms with Crippen molar-refractivity contribution < 1.29 is 13.2 Å². The van der Waals surface area contributed by atoms with Gasteiger partial charge in [0.15, 0.2) is 0 Å². The first-order chi connectivity index (χ1) is 9.32. The second-order valence-electron chi connectivity index (χ2n) is 5.25. The molecule has 0 aromatic heterocycles. The monoisotopic (exact) mass is 306 g/mol. The molecule has 1 saturated heterocycles. The molecule has 1 N–H and O–H groups in total. The molecule has 8 heteroatoms. The topological polar surface area (TPSA) is 73.0 Å². The van der Waals surface area contributed by atoms with E-state index in [2.05, 4.69) is 5.32 Å². The first kappa shape index (κ1) is 17.4. The Balaban J connectivity index is 2.91. The highest BCUT2D eigenvalue weighted by atomic mass is 32.2. The minimum atomic E-state index is -3.58. The SMILES string of the molecule is CCCCN(C)S(=O)(=O)N1CCNCC1C(=O)N(C)C. The van der Waals surface area contributed by atoms with Gasteiger partial charge in [0.1, 0.15) is 6.04 Å². The number of amides is 1. The summed E-state index contributed by atoms with van der Waals surface area (Å²) >= 11 is 0. The average Bonchev–Trinajstić information content (AvgIpc) is 2.43. The summed E-state index contributed by atoms with van der Waals surface area (Å²) in [5.74, 6) is -0.190. The number of unbranched alkanes of at least 4 members (excludes halogenated alkanes) is 1. The third kappa shape index (κ3) is 3.91. The number of hydrogen-bond donors (Lipinski definition) is 1. The molecular formula is C12H26N4O3S. The van der Waals surface area contributed by atoms with E-state index in [9.17, 15) is 13.2 Å². The lowest BCUT2D eigenvalue weighted by atomic mass is 10.2. The molecule has 1 amide bonds. The van der Waals surface area contributed by atoms with Gasteiger partial charge in [-0.3, -0.25) is 4.79 Å². The number of hydrogen-bond acceptors (Lipinski definition) is 4. The lowest BCUT2D eigenvalue weighted by Gasteiger charge is -2.37. The maximum absolute atomic E-state index is 12.6. The maximum Gasteiger partial charge on any atom is 0.282 e. The summed E-state index contributed by atoms with van der Waals surface area (Å²) in [4.78, 5) is 13.6. The normalized spacial score (nSPS) is 21.1. The van der Waals surface area contributed by atoms with Crippen molar-refractivity contribution >= 4 is 16.1 Å². The Morgan fingerprint density at radius 3 is 2.55 bits per heavy atom. The number of carbonyl (C=O) groups is 1. The van der Waals surface area contributed by atoms with Crippen molar-refractivity contribution in [1.29, 1.82) is 0 Å². The van der Waals surface area contributed by atoms with Crippen LogP contribution >= 0.6 is 0 Å². The van der Waals surface area contributed by atoms with Crippen molar-refractivity contribution in [3.63, 3.8) is 0 Å². The van der Waals surface area contributed by atoms with Gasteiger partial charge in [0.25, 0.3) is 10.2 Å². The van der Waals surface area contributed by atoms with Gasteiger partial charge in [0.2, 0.25) is 5.91 Å². The van der Waals surface area contributed by atoms with E-state index in [1.807, 2.05) is 6.92 Å². The van der Waals surface area contributed by atoms with E-state index in [-0.39, 0.29) is 5.91 Å². The molecule has 0 aliphatic carbocycles. The molecule has 118 valence electrons. The third-order valence-electron chi connectivity index (χ3n) is 3.44. The van der Waals surface area contributed by atoms with Crippen LogP contribution in [0.2, 0.25) is 0 Å². The van der Waals surface area contributed by atoms with Crippen LogP contribution in [0, 0.1) is 0 Å². The first-order valence-corrected chi connectivity index (χ1v) is 8.37. The van der Waals surface area contributed by atoms with E-state index < -0.39 is 16.3 Å². The molecule has 0 spiro atoms. The zero-order chi connectivity index (χ0) is 15.3. The molecule has 1 heterocycles. The molecule has 7 nitrogen and oxygen atoms in total. The second-order valence-corrected chi connectivity index (χ2v) is 7.23. The lowest BCUT2D eigenvalue weighted by Crippen LogP contribution is -2.61. The van der Waals surface area contributed by atoms with Gasteiger partial charge in [-0.1, -0.05) is 13.3 Å². The van der Waals surface area contributed by atoms with Crippen LogP contribution < -0.4 is 5.32 Å². The van der Waals surface area contributed by atoms with Crippen LogP contribution in [0.3, 0.4) is 0 Å². The summed E-state index contributed by atoms with van der Waals surface area (Å²) in [6.45, 7) is 3.74. The Bertz CT molecular complexity index is 424. The van der Waals surface area contributed by atoms with Crippen LogP contribution in [0.15, 0.2) is 0 Å². The summed E-state index contributed by atoms with van der Waals surface area (Å²) < 4.78 is 27.8. The average molecular weight is 306 g/mol. The highest BCUT2D eigenvalue weighted by Gasteiger charge is 2.39. The molecule has 20 heavy (non-hydrogen) atoms. The maximum atomic E-state index is 12.6. The fourth-order valence-electron chi connectivity index (χ4n) is 2.15. The van der Waals surface area contributed by atoms with E-state index in [0.717, 1.165) is 12.8 Å². The summed E-state index contributed by atoms with van der Waals surface area (Å²) in [5.41, 5.74) is 0. The molecule has 0 aromatic carbocycles. The number of piperazine rings is 1. The van der Waals surface area contributed by atoms with Gasteiger partial charge in [-0.05, 0) is 6.42 Å². The summed E-state index contributed by atoms with van der Waals surface area (Å²) in [5, 5.41) is 3.08. The van der Waals surface area contributed by atoms with Crippen LogP contribution in [0.1, 0.15) is 19.8 Å². The number of likely N-dealkylation sites (N-methyl/N-ethyl adjacent to an activating group) is 1. The van der Waals surface area contributed by atoms with Gasteiger partial charge in [-0.15, -0.1) is 0 Å². The molecule has 1 aliphatic heterocycles. The lowest BCUT2D eigenvalue weighted by molar-refractivity contribution is -0.133. The zero-order valence-electron chi connectivity index (χ0n) is 12.8. The van der Waals surface area contributed by atoms with Crippen molar-refractivity contribution in [3.8, 4) is 0 Å². The van der Waals surface area contributed by atoms with Gasteiger partial charge >= 0.3 is 0 Å². The van der Waals surface area contributed by atoms with E-state index >= 15 is 0 Å². The summed E-state index contributed by atoms with van der Waals surface area (Å²) in [6.07, 6.45) is 1.75. The first-order valence-electron chi connectivity index (χ1n) is 6.97. The molecule has 0 aromatic rings. The van der Waals surface area contributed by atoms with Crippen molar-refractivity contribution in [2.45, 2.75) is 25.8 Å². The predicted molar refractivity (Wildman–Crippen MR) is 78.5 cm³/mol. The highest BCUT2D eigenvalue weighted by Crippen LogP contribution is 2.15. The smallest absolute Gasteiger partial charge is 0.282 e. The fourth-order valence-corrected chi connectivity index (χ4v) is 3.67. The van der Waals surface area contributed by atoms with Crippen LogP contribution in [0.25, 0.3) is 0 Å². The number of rotatable bonds is 6. The molecule has 0 bridgehead atoms. The second kappa shape index (κ2) is 7.35. The van der Waals surface area contributed by atoms with Gasteiger partial charge in [0, 0.05) is 47.3 Å². The quantitative estimate of drug-likeness (QED) is 0.706. The minimum absolute atomic E-state index is 0.190. The van der Waals surface area contributed by atoms with Crippen molar-refractivity contribution in [3.05, 3.63) is 0 Å². The van der Waals surface area contributed by atoms with Gasteiger partial charge < -0.3 is 10.2 Å². The third-order valence-corrected chi connectivity index (χ3v) is 5.44. The fraction of sp³-hybridized carbons (Fsp3) is 0.917. The Labute approximate surface area is 122 Å². The minimum Gasteiger partial charge on any atom is -0.347 e. The molecular weight excluding hydrogens is 280 g/mol. The zero-order valence-corrected chi connectivity index (χ0v) is 13.6. The van der Waals surface area contributed by atoms with Crippen molar-refractivity contribution in [2.24, 2.45) is 0 Å². The molecule has 0 saturated carbocycles. The predicted octanol–water partition coefficient (Wildman–Crippen LogP) is -0.675. The van der Waals surface area contributed by atoms with Crippen LogP contribution in [0.4, 0.5) is 0 Å². The van der Waals surface area contributed by atoms with Crippen LogP contribution in [0.5, 0.6) is 0 Å². The molecule has 1 atom stereocenters. The van der Waals surface area contributed by atoms with E-state index in [1.54, 1.807) is 21.1 Å². The summed E-state index contributed by atoms with van der Waals surface area (Å²) in [6, 6.07) is -0.659. The molecule has 1 unspecified atom stereocenters. The Morgan fingerprint density at radius 1 is 1.35 bits per heavy atom. The van der Waals surface area contributed by atoms with Gasteiger partial charge in [0.05, 0.1) is 0 Å². The Kier molecular flexibility index (Phi) is 6.38. The van der Waals surface area contributed by atoms with Gasteiger partial charge in [-0.25, -0.2) is 0 Å². The van der Waals surface area contributed by atoms with Crippen LogP contribution in [-0.4, -0.2) is 81.2 Å².